The van der Waals surface area contributed by atoms with Crippen molar-refractivity contribution in [3.05, 3.63) is 24.0 Å². The highest BCUT2D eigenvalue weighted by molar-refractivity contribution is 7.89. The zero-order valence-electron chi connectivity index (χ0n) is 19.8. The molecule has 1 N–H and O–H groups in total. The number of hydrogen-bond donors (Lipinski definition) is 1. The van der Waals surface area contributed by atoms with E-state index in [-0.39, 0.29) is 11.9 Å². The van der Waals surface area contributed by atoms with Crippen LogP contribution in [0.5, 0.6) is 0 Å². The van der Waals surface area contributed by atoms with Gasteiger partial charge in [0.05, 0.1) is 15.9 Å². The lowest BCUT2D eigenvalue weighted by Gasteiger charge is -2.15. The number of amides is 1. The fourth-order valence-electron chi connectivity index (χ4n) is 4.41. The largest absolute Gasteiger partial charge is 0.354 e. The lowest BCUT2D eigenvalue weighted by molar-refractivity contribution is -0.121. The molecular weight excluding hydrogens is 424 g/mol. The second-order valence-corrected chi connectivity index (χ2v) is 10.8. The molecule has 2 heterocycles. The fraction of sp³-hybridized carbons (Fsp3) is 0.667. The van der Waals surface area contributed by atoms with E-state index in [0.29, 0.717) is 36.3 Å². The molecule has 1 atom stereocenters. The summed E-state index contributed by atoms with van der Waals surface area (Å²) in [4.78, 5) is 17.5. The number of aromatic nitrogens is 2. The minimum absolute atomic E-state index is 0.0430. The summed E-state index contributed by atoms with van der Waals surface area (Å²) >= 11 is 0. The summed E-state index contributed by atoms with van der Waals surface area (Å²) in [6, 6.07) is 5.43. The fourth-order valence-corrected chi connectivity index (χ4v) is 5.94. The molecule has 0 aliphatic carbocycles. The summed E-state index contributed by atoms with van der Waals surface area (Å²) in [5.74, 6) is 0.882. The molecule has 7 nitrogen and oxygen atoms in total. The Balaban J connectivity index is 1.73. The highest BCUT2D eigenvalue weighted by atomic mass is 32.2. The van der Waals surface area contributed by atoms with Gasteiger partial charge in [-0.05, 0) is 50.8 Å². The summed E-state index contributed by atoms with van der Waals surface area (Å²) in [6.07, 6.45) is 8.18. The van der Waals surface area contributed by atoms with E-state index >= 15 is 0 Å². The van der Waals surface area contributed by atoms with Gasteiger partial charge in [0.2, 0.25) is 15.9 Å². The number of hydrogen-bond acceptors (Lipinski definition) is 4. The minimum Gasteiger partial charge on any atom is -0.354 e. The summed E-state index contributed by atoms with van der Waals surface area (Å²) in [7, 11) is -3.48. The standard InChI is InChI=1S/C24H38N4O3S/c1-4-6-7-10-19(3)25-24(29)14-13-23-26-21-18-20(11-12-22(21)28(23)15-5-2)32(30,31)27-16-8-9-17-27/h11-12,18-19H,4-10,13-17H2,1-3H3,(H,25,29). The molecule has 3 rings (SSSR count). The lowest BCUT2D eigenvalue weighted by Crippen LogP contribution is -2.32. The zero-order chi connectivity index (χ0) is 23.1. The van der Waals surface area contributed by atoms with Gasteiger partial charge in [-0.1, -0.05) is 33.1 Å². The molecule has 1 saturated heterocycles. The van der Waals surface area contributed by atoms with Gasteiger partial charge in [0.25, 0.3) is 0 Å². The van der Waals surface area contributed by atoms with E-state index in [1.54, 1.807) is 16.4 Å². The van der Waals surface area contributed by atoms with E-state index < -0.39 is 10.0 Å². The third-order valence-electron chi connectivity index (χ3n) is 6.17. The van der Waals surface area contributed by atoms with Gasteiger partial charge >= 0.3 is 0 Å². The van der Waals surface area contributed by atoms with Crippen molar-refractivity contribution in [3.8, 4) is 0 Å². The molecule has 1 aliphatic rings. The van der Waals surface area contributed by atoms with Crippen LogP contribution < -0.4 is 5.32 Å². The number of unbranched alkanes of at least 4 members (excludes halogenated alkanes) is 2. The molecular formula is C24H38N4O3S. The molecule has 0 saturated carbocycles. The highest BCUT2D eigenvalue weighted by Crippen LogP contribution is 2.25. The number of carbonyl (C=O) groups is 1. The number of sulfonamides is 1. The Kier molecular flexibility index (Phi) is 8.71. The van der Waals surface area contributed by atoms with E-state index in [4.69, 9.17) is 4.98 Å². The van der Waals surface area contributed by atoms with Crippen molar-refractivity contribution >= 4 is 27.0 Å². The van der Waals surface area contributed by atoms with Gasteiger partial charge in [-0.15, -0.1) is 0 Å². The highest BCUT2D eigenvalue weighted by Gasteiger charge is 2.27. The second kappa shape index (κ2) is 11.3. The van der Waals surface area contributed by atoms with Crippen LogP contribution in [0.15, 0.2) is 23.1 Å². The molecule has 0 spiro atoms. The molecule has 1 aromatic heterocycles. The van der Waals surface area contributed by atoms with Crippen LogP contribution in [0.4, 0.5) is 0 Å². The number of rotatable bonds is 12. The van der Waals surface area contributed by atoms with Crippen LogP contribution in [0.25, 0.3) is 11.0 Å². The lowest BCUT2D eigenvalue weighted by atomic mass is 10.1. The number of aryl methyl sites for hydroxylation is 2. The maximum atomic E-state index is 12.9. The van der Waals surface area contributed by atoms with Crippen molar-refractivity contribution in [2.45, 2.75) is 96.0 Å². The molecule has 2 aromatic rings. The Morgan fingerprint density at radius 3 is 2.59 bits per heavy atom. The van der Waals surface area contributed by atoms with Crippen LogP contribution in [0.1, 0.15) is 78.0 Å². The van der Waals surface area contributed by atoms with Crippen LogP contribution in [0, 0.1) is 0 Å². The Labute approximate surface area is 192 Å². The van der Waals surface area contributed by atoms with Crippen molar-refractivity contribution in [2.24, 2.45) is 0 Å². The predicted octanol–water partition coefficient (Wildman–Crippen LogP) is 4.25. The van der Waals surface area contributed by atoms with E-state index in [1.165, 1.54) is 12.8 Å². The Morgan fingerprint density at radius 1 is 1.16 bits per heavy atom. The summed E-state index contributed by atoms with van der Waals surface area (Å²) < 4.78 is 29.6. The van der Waals surface area contributed by atoms with Crippen LogP contribution in [0.3, 0.4) is 0 Å². The second-order valence-electron chi connectivity index (χ2n) is 8.91. The number of imidazole rings is 1. The molecule has 0 bridgehead atoms. The SMILES string of the molecule is CCCCCC(C)NC(=O)CCc1nc2cc(S(=O)(=O)N3CCCC3)ccc2n1CCC. The summed E-state index contributed by atoms with van der Waals surface area (Å²) in [5.41, 5.74) is 1.61. The van der Waals surface area contributed by atoms with Crippen molar-refractivity contribution < 1.29 is 13.2 Å². The molecule has 1 unspecified atom stereocenters. The predicted molar refractivity (Wildman–Crippen MR) is 128 cm³/mol. The van der Waals surface area contributed by atoms with Crippen molar-refractivity contribution in [1.29, 1.82) is 0 Å². The number of carbonyl (C=O) groups excluding carboxylic acids is 1. The van der Waals surface area contributed by atoms with Gasteiger partial charge in [0, 0.05) is 38.5 Å². The van der Waals surface area contributed by atoms with Crippen LogP contribution >= 0.6 is 0 Å². The third-order valence-corrected chi connectivity index (χ3v) is 8.07. The number of nitrogens with one attached hydrogen (secondary N) is 1. The topological polar surface area (TPSA) is 84.3 Å². The number of fused-ring (bicyclic) bond motifs is 1. The first-order valence-electron chi connectivity index (χ1n) is 12.2. The summed E-state index contributed by atoms with van der Waals surface area (Å²) in [6.45, 7) is 8.30. The van der Waals surface area contributed by atoms with Gasteiger partial charge in [0.1, 0.15) is 5.82 Å². The van der Waals surface area contributed by atoms with Gasteiger partial charge in [-0.25, -0.2) is 13.4 Å². The molecule has 1 amide bonds. The molecule has 178 valence electrons. The van der Waals surface area contributed by atoms with E-state index in [1.807, 2.05) is 6.07 Å². The van der Waals surface area contributed by atoms with Gasteiger partial charge < -0.3 is 9.88 Å². The van der Waals surface area contributed by atoms with Gasteiger partial charge in [0.15, 0.2) is 0 Å². The van der Waals surface area contributed by atoms with Gasteiger partial charge in [-0.3, -0.25) is 4.79 Å². The van der Waals surface area contributed by atoms with Crippen molar-refractivity contribution in [1.82, 2.24) is 19.2 Å². The number of benzene rings is 1. The maximum absolute atomic E-state index is 12.9. The first-order valence-corrected chi connectivity index (χ1v) is 13.6. The molecule has 1 aliphatic heterocycles. The monoisotopic (exact) mass is 462 g/mol. The quantitative estimate of drug-likeness (QED) is 0.478. The van der Waals surface area contributed by atoms with Crippen molar-refractivity contribution in [3.63, 3.8) is 0 Å². The smallest absolute Gasteiger partial charge is 0.243 e. The van der Waals surface area contributed by atoms with Crippen LogP contribution in [0.2, 0.25) is 0 Å². The molecule has 32 heavy (non-hydrogen) atoms. The van der Waals surface area contributed by atoms with Crippen LogP contribution in [-0.2, 0) is 27.8 Å². The average molecular weight is 463 g/mol. The Hall–Kier alpha value is -1.93. The van der Waals surface area contributed by atoms with Gasteiger partial charge in [-0.2, -0.15) is 4.31 Å². The summed E-state index contributed by atoms with van der Waals surface area (Å²) in [5, 5.41) is 3.09. The average Bonchev–Trinajstić information content (AvgIpc) is 3.41. The minimum atomic E-state index is -3.48. The number of nitrogens with zero attached hydrogens (tertiary/aromatic N) is 3. The molecule has 8 heteroatoms. The Morgan fingerprint density at radius 2 is 1.91 bits per heavy atom. The third kappa shape index (κ3) is 5.90. The van der Waals surface area contributed by atoms with Crippen molar-refractivity contribution in [2.75, 3.05) is 13.1 Å². The molecule has 1 aromatic carbocycles. The zero-order valence-corrected chi connectivity index (χ0v) is 20.6. The molecule has 1 fully saturated rings. The first-order chi connectivity index (χ1) is 15.4. The van der Waals surface area contributed by atoms with E-state index in [2.05, 4.69) is 30.7 Å². The maximum Gasteiger partial charge on any atom is 0.243 e. The van der Waals surface area contributed by atoms with E-state index in [9.17, 15) is 13.2 Å². The first kappa shape index (κ1) is 24.7. The molecule has 0 radical (unpaired) electrons. The van der Waals surface area contributed by atoms with E-state index in [0.717, 1.165) is 50.0 Å². The Bertz CT molecular complexity index is 1010. The normalized spacial score (nSPS) is 16.0. The van der Waals surface area contributed by atoms with Crippen LogP contribution in [-0.4, -0.2) is 47.3 Å².